The second-order valence-electron chi connectivity index (χ2n) is 6.59. The minimum atomic E-state index is -0.911. The van der Waals surface area contributed by atoms with Gasteiger partial charge in [0.1, 0.15) is 11.5 Å². The molecule has 4 heterocycles. The van der Waals surface area contributed by atoms with E-state index in [1.54, 1.807) is 17.1 Å². The van der Waals surface area contributed by atoms with Crippen LogP contribution in [0.3, 0.4) is 0 Å². The summed E-state index contributed by atoms with van der Waals surface area (Å²) in [6, 6.07) is 3.72. The molecule has 0 spiro atoms. The summed E-state index contributed by atoms with van der Waals surface area (Å²) in [7, 11) is 1.81. The number of pyridine rings is 1. The normalized spacial score (nSPS) is 17.5. The van der Waals surface area contributed by atoms with E-state index in [1.165, 1.54) is 4.90 Å². The Kier molecular flexibility index (Phi) is 4.02. The van der Waals surface area contributed by atoms with Crippen molar-refractivity contribution in [3.05, 3.63) is 24.5 Å². The van der Waals surface area contributed by atoms with Gasteiger partial charge in [0.05, 0.1) is 5.39 Å². The van der Waals surface area contributed by atoms with Crippen molar-refractivity contribution >= 4 is 28.9 Å². The summed E-state index contributed by atoms with van der Waals surface area (Å²) in [5, 5.41) is 14.7. The lowest BCUT2D eigenvalue weighted by Crippen LogP contribution is -2.53. The van der Waals surface area contributed by atoms with Crippen LogP contribution in [0.15, 0.2) is 24.5 Å². The number of fused-ring (bicyclic) bond motifs is 1. The summed E-state index contributed by atoms with van der Waals surface area (Å²) in [4.78, 5) is 27.8. The number of nitrogens with zero attached hydrogens (tertiary/aromatic N) is 7. The van der Waals surface area contributed by atoms with E-state index in [9.17, 15) is 9.90 Å². The molecule has 0 bridgehead atoms. The number of carbonyl (C=O) groups is 1. The highest BCUT2D eigenvalue weighted by Gasteiger charge is 2.30. The number of hydrogen-bond donors (Lipinski definition) is 2. The second kappa shape index (κ2) is 6.38. The Morgan fingerprint density at radius 2 is 2.15 bits per heavy atom. The Morgan fingerprint density at radius 3 is 2.81 bits per heavy atom. The number of nitrogens with two attached hydrogens (primary N) is 1. The minimum absolute atomic E-state index is 0.0608. The van der Waals surface area contributed by atoms with Crippen LogP contribution < -0.4 is 10.6 Å². The Bertz CT molecular complexity index is 1000. The molecular weight excluding hydrogens is 348 g/mol. The number of aryl methyl sites for hydroxylation is 1. The predicted molar refractivity (Wildman–Crippen MR) is 100 cm³/mol. The predicted octanol–water partition coefficient (Wildman–Crippen LogP) is 1.20. The van der Waals surface area contributed by atoms with Crippen molar-refractivity contribution in [2.45, 2.75) is 13.0 Å². The van der Waals surface area contributed by atoms with Gasteiger partial charge in [-0.3, -0.25) is 4.98 Å². The van der Waals surface area contributed by atoms with E-state index in [0.717, 1.165) is 16.6 Å². The average Bonchev–Trinajstić information content (AvgIpc) is 2.98. The smallest absolute Gasteiger partial charge is 0.407 e. The van der Waals surface area contributed by atoms with E-state index in [4.69, 9.17) is 5.73 Å². The van der Waals surface area contributed by atoms with Gasteiger partial charge in [-0.25, -0.2) is 9.48 Å². The Hall–Kier alpha value is -3.43. The van der Waals surface area contributed by atoms with Crippen molar-refractivity contribution in [2.24, 2.45) is 7.05 Å². The number of nitrogen functional groups attached to an aromatic ring is 1. The summed E-state index contributed by atoms with van der Waals surface area (Å²) in [6.07, 6.45) is 2.54. The molecule has 10 heteroatoms. The van der Waals surface area contributed by atoms with Gasteiger partial charge in [0.25, 0.3) is 0 Å². The number of anilines is 2. The van der Waals surface area contributed by atoms with Crippen LogP contribution >= 0.6 is 0 Å². The van der Waals surface area contributed by atoms with E-state index in [2.05, 4.69) is 25.0 Å². The zero-order valence-corrected chi connectivity index (χ0v) is 15.1. The van der Waals surface area contributed by atoms with Crippen molar-refractivity contribution in [3.63, 3.8) is 0 Å². The number of aromatic nitrogens is 5. The molecule has 1 atom stereocenters. The van der Waals surface area contributed by atoms with Gasteiger partial charge >= 0.3 is 6.09 Å². The Balaban J connectivity index is 1.87. The maximum Gasteiger partial charge on any atom is 0.407 e. The first kappa shape index (κ1) is 17.0. The lowest BCUT2D eigenvalue weighted by molar-refractivity contribution is 0.136. The molecule has 10 nitrogen and oxygen atoms in total. The number of amides is 1. The van der Waals surface area contributed by atoms with Gasteiger partial charge < -0.3 is 20.6 Å². The van der Waals surface area contributed by atoms with Crippen LogP contribution in [0.1, 0.15) is 6.92 Å². The van der Waals surface area contributed by atoms with Gasteiger partial charge in [0.2, 0.25) is 5.95 Å². The second-order valence-corrected chi connectivity index (χ2v) is 6.59. The van der Waals surface area contributed by atoms with Crippen molar-refractivity contribution in [2.75, 3.05) is 30.3 Å². The highest BCUT2D eigenvalue weighted by molar-refractivity contribution is 6.00. The quantitative estimate of drug-likeness (QED) is 0.691. The molecule has 0 unspecified atom stereocenters. The molecule has 140 valence electrons. The molecule has 1 fully saturated rings. The lowest BCUT2D eigenvalue weighted by Gasteiger charge is -2.39. The number of carboxylic acid groups (broad SMARTS) is 1. The number of rotatable bonds is 2. The van der Waals surface area contributed by atoms with E-state index >= 15 is 0 Å². The molecule has 3 N–H and O–H groups in total. The topological polar surface area (TPSA) is 126 Å². The fraction of sp³-hybridized carbons (Fsp3) is 0.353. The van der Waals surface area contributed by atoms with Crippen LogP contribution in [0.2, 0.25) is 0 Å². The van der Waals surface area contributed by atoms with Crippen molar-refractivity contribution in [3.8, 4) is 11.3 Å². The van der Waals surface area contributed by atoms with Crippen LogP contribution in [0.25, 0.3) is 22.3 Å². The van der Waals surface area contributed by atoms with Crippen molar-refractivity contribution in [1.82, 2.24) is 29.6 Å². The highest BCUT2D eigenvalue weighted by Crippen LogP contribution is 2.35. The standard InChI is InChI=1S/C17H20N8O2/c1-10-9-24(17(26)27)6-7-25(10)15-12-13(11-4-3-5-19-8-11)22-23(2)14(12)20-16(18)21-15/h3-5,8,10H,6-7,9H2,1-2H3,(H,26,27)(H2,18,20,21)/t10-/m0/s1. The molecule has 3 aromatic heterocycles. The third kappa shape index (κ3) is 2.88. The third-order valence-electron chi connectivity index (χ3n) is 4.79. The first-order valence-electron chi connectivity index (χ1n) is 8.61. The molecule has 1 aliphatic heterocycles. The average molecular weight is 368 g/mol. The van der Waals surface area contributed by atoms with Gasteiger partial charge in [-0.15, -0.1) is 0 Å². The van der Waals surface area contributed by atoms with Crippen LogP contribution in [-0.4, -0.2) is 66.5 Å². The van der Waals surface area contributed by atoms with Crippen LogP contribution in [0, 0.1) is 0 Å². The summed E-state index contributed by atoms with van der Waals surface area (Å²) in [5.41, 5.74) is 8.17. The van der Waals surface area contributed by atoms with Crippen molar-refractivity contribution in [1.29, 1.82) is 0 Å². The molecule has 0 saturated carbocycles. The fourth-order valence-electron chi connectivity index (χ4n) is 3.51. The highest BCUT2D eigenvalue weighted by atomic mass is 16.4. The summed E-state index contributed by atoms with van der Waals surface area (Å²) < 4.78 is 1.68. The van der Waals surface area contributed by atoms with Gasteiger partial charge in [-0.2, -0.15) is 15.1 Å². The molecular formula is C17H20N8O2. The molecule has 1 amide bonds. The summed E-state index contributed by atoms with van der Waals surface area (Å²) in [6.45, 7) is 3.27. The Labute approximate surface area is 155 Å². The molecule has 4 rings (SSSR count). The molecule has 1 saturated heterocycles. The summed E-state index contributed by atoms with van der Waals surface area (Å²) >= 11 is 0. The largest absolute Gasteiger partial charge is 0.465 e. The maximum atomic E-state index is 11.3. The SMILES string of the molecule is C[C@H]1CN(C(=O)O)CCN1c1nc(N)nc2c1c(-c1cccnc1)nn2C. The monoisotopic (exact) mass is 368 g/mol. The minimum Gasteiger partial charge on any atom is -0.465 e. The third-order valence-corrected chi connectivity index (χ3v) is 4.79. The fourth-order valence-corrected chi connectivity index (χ4v) is 3.51. The number of hydrogen-bond acceptors (Lipinski definition) is 7. The van der Waals surface area contributed by atoms with Gasteiger partial charge in [-0.05, 0) is 19.1 Å². The first-order valence-corrected chi connectivity index (χ1v) is 8.61. The van der Waals surface area contributed by atoms with Crippen LogP contribution in [0.4, 0.5) is 16.6 Å². The summed E-state index contributed by atoms with van der Waals surface area (Å²) in [5.74, 6) is 0.827. The van der Waals surface area contributed by atoms with E-state index in [1.807, 2.05) is 26.1 Å². The molecule has 0 aliphatic carbocycles. The molecule has 0 radical (unpaired) electrons. The molecule has 27 heavy (non-hydrogen) atoms. The van der Waals surface area contributed by atoms with E-state index in [0.29, 0.717) is 31.1 Å². The van der Waals surface area contributed by atoms with E-state index in [-0.39, 0.29) is 12.0 Å². The molecule has 3 aromatic rings. The molecule has 0 aromatic carbocycles. The van der Waals surface area contributed by atoms with Gasteiger partial charge in [0, 0.05) is 50.7 Å². The maximum absolute atomic E-state index is 11.3. The van der Waals surface area contributed by atoms with Crippen molar-refractivity contribution < 1.29 is 9.90 Å². The zero-order valence-electron chi connectivity index (χ0n) is 15.1. The first-order chi connectivity index (χ1) is 13.0. The number of piperazine rings is 1. The lowest BCUT2D eigenvalue weighted by atomic mass is 10.1. The Morgan fingerprint density at radius 1 is 1.33 bits per heavy atom. The van der Waals surface area contributed by atoms with E-state index < -0.39 is 6.09 Å². The zero-order chi connectivity index (χ0) is 19.1. The van der Waals surface area contributed by atoms with Gasteiger partial charge in [0.15, 0.2) is 5.65 Å². The van der Waals surface area contributed by atoms with Crippen LogP contribution in [-0.2, 0) is 7.05 Å². The van der Waals surface area contributed by atoms with Crippen LogP contribution in [0.5, 0.6) is 0 Å². The van der Waals surface area contributed by atoms with Gasteiger partial charge in [-0.1, -0.05) is 0 Å². The molecule has 1 aliphatic rings.